The van der Waals surface area contributed by atoms with Gasteiger partial charge in [0.05, 0.1) is 17.8 Å². The highest BCUT2D eigenvalue weighted by molar-refractivity contribution is 5.78. The van der Waals surface area contributed by atoms with Crippen LogP contribution < -0.4 is 5.32 Å². The van der Waals surface area contributed by atoms with Gasteiger partial charge in [-0.25, -0.2) is 4.52 Å². The lowest BCUT2D eigenvalue weighted by Crippen LogP contribution is -2.28. The van der Waals surface area contributed by atoms with Gasteiger partial charge in [-0.15, -0.1) is 0 Å². The van der Waals surface area contributed by atoms with Crippen LogP contribution in [-0.2, 0) is 17.8 Å². The van der Waals surface area contributed by atoms with Crippen molar-refractivity contribution in [3.63, 3.8) is 0 Å². The van der Waals surface area contributed by atoms with Crippen LogP contribution in [0.15, 0.2) is 23.0 Å². The predicted molar refractivity (Wildman–Crippen MR) is 80.6 cm³/mol. The van der Waals surface area contributed by atoms with Crippen LogP contribution in [0, 0.1) is 20.8 Å². The van der Waals surface area contributed by atoms with Gasteiger partial charge in [0.2, 0.25) is 5.91 Å². The lowest BCUT2D eigenvalue weighted by molar-refractivity contribution is -0.120. The Morgan fingerprint density at radius 3 is 2.86 bits per heavy atom. The zero-order chi connectivity index (χ0) is 15.7. The van der Waals surface area contributed by atoms with E-state index in [-0.39, 0.29) is 5.91 Å². The van der Waals surface area contributed by atoms with Crippen molar-refractivity contribution in [1.29, 1.82) is 0 Å². The van der Waals surface area contributed by atoms with Crippen molar-refractivity contribution >= 4 is 11.6 Å². The van der Waals surface area contributed by atoms with E-state index in [4.69, 9.17) is 4.52 Å². The Morgan fingerprint density at radius 1 is 1.32 bits per heavy atom. The average molecular weight is 301 g/mol. The monoisotopic (exact) mass is 301 g/mol. The van der Waals surface area contributed by atoms with E-state index in [1.165, 1.54) is 0 Å². The first kappa shape index (κ1) is 14.4. The molecule has 116 valence electrons. The number of imidazole rings is 1. The van der Waals surface area contributed by atoms with Crippen LogP contribution in [0.5, 0.6) is 0 Å². The van der Waals surface area contributed by atoms with Crippen molar-refractivity contribution in [2.75, 3.05) is 6.54 Å². The molecule has 22 heavy (non-hydrogen) atoms. The Labute approximate surface area is 127 Å². The topological polar surface area (TPSA) is 77.4 Å². The summed E-state index contributed by atoms with van der Waals surface area (Å²) in [5.41, 5.74) is 3.64. The standard InChI is InChI=1S/C15H19N5O2/c1-10-8-15-19(6-7-20(15)17-10)5-4-16-14(21)9-13-11(2)18-22-12(13)3/h6-8H,4-5,9H2,1-3H3,(H,16,21). The maximum atomic E-state index is 12.0. The molecule has 0 radical (unpaired) electrons. The van der Waals surface area contributed by atoms with Crippen LogP contribution in [0.3, 0.4) is 0 Å². The molecule has 1 amide bonds. The van der Waals surface area contributed by atoms with Crippen molar-refractivity contribution in [3.8, 4) is 0 Å². The molecule has 0 aromatic carbocycles. The number of nitrogens with one attached hydrogen (secondary N) is 1. The highest BCUT2D eigenvalue weighted by Gasteiger charge is 2.13. The Hall–Kier alpha value is -2.57. The number of nitrogens with zero attached hydrogens (tertiary/aromatic N) is 4. The van der Waals surface area contributed by atoms with Crippen LogP contribution >= 0.6 is 0 Å². The van der Waals surface area contributed by atoms with Gasteiger partial charge in [0.1, 0.15) is 11.4 Å². The van der Waals surface area contributed by atoms with Gasteiger partial charge in [-0.05, 0) is 20.8 Å². The quantitative estimate of drug-likeness (QED) is 0.773. The van der Waals surface area contributed by atoms with Gasteiger partial charge in [0.15, 0.2) is 0 Å². The molecule has 0 aliphatic heterocycles. The summed E-state index contributed by atoms with van der Waals surface area (Å²) in [6.07, 6.45) is 4.17. The summed E-state index contributed by atoms with van der Waals surface area (Å²) in [5.74, 6) is 0.678. The van der Waals surface area contributed by atoms with Crippen LogP contribution in [0.1, 0.15) is 22.7 Å². The second-order valence-corrected chi connectivity index (χ2v) is 5.41. The number of carbonyl (C=O) groups is 1. The van der Waals surface area contributed by atoms with Crippen molar-refractivity contribution in [2.45, 2.75) is 33.7 Å². The van der Waals surface area contributed by atoms with Gasteiger partial charge >= 0.3 is 0 Å². The van der Waals surface area contributed by atoms with Gasteiger partial charge < -0.3 is 14.4 Å². The number of hydrogen-bond donors (Lipinski definition) is 1. The van der Waals surface area contributed by atoms with E-state index in [1.807, 2.05) is 43.7 Å². The van der Waals surface area contributed by atoms with Crippen molar-refractivity contribution in [2.24, 2.45) is 0 Å². The molecule has 3 heterocycles. The van der Waals surface area contributed by atoms with Crippen LogP contribution in [0.4, 0.5) is 0 Å². The zero-order valence-corrected chi connectivity index (χ0v) is 13.0. The SMILES string of the molecule is Cc1cc2n(CCNC(=O)Cc3c(C)noc3C)ccn2n1. The number of carbonyl (C=O) groups excluding carboxylic acids is 1. The first-order chi connectivity index (χ1) is 10.5. The lowest BCUT2D eigenvalue weighted by atomic mass is 10.1. The third-order valence-corrected chi connectivity index (χ3v) is 3.71. The highest BCUT2D eigenvalue weighted by atomic mass is 16.5. The summed E-state index contributed by atoms with van der Waals surface area (Å²) >= 11 is 0. The minimum atomic E-state index is -0.0257. The maximum Gasteiger partial charge on any atom is 0.224 e. The second kappa shape index (κ2) is 5.67. The molecular formula is C15H19N5O2. The van der Waals surface area contributed by atoms with Gasteiger partial charge in [-0.3, -0.25) is 4.79 Å². The third kappa shape index (κ3) is 2.74. The Balaban J connectivity index is 1.55. The minimum absolute atomic E-state index is 0.0257. The molecule has 0 spiro atoms. The third-order valence-electron chi connectivity index (χ3n) is 3.71. The molecule has 0 saturated heterocycles. The second-order valence-electron chi connectivity index (χ2n) is 5.41. The van der Waals surface area contributed by atoms with Crippen molar-refractivity contribution in [1.82, 2.24) is 24.7 Å². The first-order valence-corrected chi connectivity index (χ1v) is 7.24. The fraction of sp³-hybridized carbons (Fsp3) is 0.400. The van der Waals surface area contributed by atoms with E-state index in [9.17, 15) is 4.79 Å². The minimum Gasteiger partial charge on any atom is -0.361 e. The summed E-state index contributed by atoms with van der Waals surface area (Å²) in [4.78, 5) is 12.0. The smallest absolute Gasteiger partial charge is 0.224 e. The summed E-state index contributed by atoms with van der Waals surface area (Å²) in [7, 11) is 0. The van der Waals surface area contributed by atoms with Crippen LogP contribution in [-0.4, -0.2) is 31.8 Å². The molecule has 3 aromatic heterocycles. The summed E-state index contributed by atoms with van der Waals surface area (Å²) in [5, 5.41) is 11.1. The maximum absolute atomic E-state index is 12.0. The molecule has 0 aliphatic carbocycles. The highest BCUT2D eigenvalue weighted by Crippen LogP contribution is 2.12. The van der Waals surface area contributed by atoms with Crippen molar-refractivity contribution in [3.05, 3.63) is 41.2 Å². The van der Waals surface area contributed by atoms with Crippen molar-refractivity contribution < 1.29 is 9.32 Å². The Kier molecular flexibility index (Phi) is 3.70. The molecule has 0 fully saturated rings. The van der Waals surface area contributed by atoms with Gasteiger partial charge in [0, 0.05) is 37.1 Å². The molecule has 3 aromatic rings. The summed E-state index contributed by atoms with van der Waals surface area (Å²) < 4.78 is 8.97. The number of amides is 1. The fourth-order valence-electron chi connectivity index (χ4n) is 2.53. The normalized spacial score (nSPS) is 11.2. The molecule has 0 bridgehead atoms. The van der Waals surface area contributed by atoms with E-state index in [1.54, 1.807) is 0 Å². The van der Waals surface area contributed by atoms with Gasteiger partial charge in [-0.2, -0.15) is 5.10 Å². The van der Waals surface area contributed by atoms with Gasteiger partial charge in [0.25, 0.3) is 0 Å². The molecule has 1 N–H and O–H groups in total. The molecule has 3 rings (SSSR count). The Morgan fingerprint density at radius 2 is 2.14 bits per heavy atom. The van der Waals surface area contributed by atoms with Crippen LogP contribution in [0.25, 0.3) is 5.65 Å². The molecule has 7 heteroatoms. The fourth-order valence-corrected chi connectivity index (χ4v) is 2.53. The first-order valence-electron chi connectivity index (χ1n) is 7.24. The van der Waals surface area contributed by atoms with Gasteiger partial charge in [-0.1, -0.05) is 5.16 Å². The van der Waals surface area contributed by atoms with Crippen LogP contribution in [0.2, 0.25) is 0 Å². The van der Waals surface area contributed by atoms with E-state index in [2.05, 4.69) is 20.1 Å². The van der Waals surface area contributed by atoms with E-state index in [0.717, 1.165) is 22.6 Å². The number of rotatable bonds is 5. The predicted octanol–water partition coefficient (Wildman–Crippen LogP) is 1.41. The molecule has 0 aliphatic rings. The molecule has 0 atom stereocenters. The molecular weight excluding hydrogens is 282 g/mol. The molecule has 0 saturated carbocycles. The molecule has 7 nitrogen and oxygen atoms in total. The number of hydrogen-bond acceptors (Lipinski definition) is 4. The zero-order valence-electron chi connectivity index (χ0n) is 13.0. The summed E-state index contributed by atoms with van der Waals surface area (Å²) in [6, 6.07) is 2.02. The number of fused-ring (bicyclic) bond motifs is 1. The van der Waals surface area contributed by atoms with E-state index >= 15 is 0 Å². The lowest BCUT2D eigenvalue weighted by Gasteiger charge is -2.06. The van der Waals surface area contributed by atoms with E-state index in [0.29, 0.717) is 25.3 Å². The molecule has 0 unspecified atom stereocenters. The Bertz CT molecular complexity index is 792. The van der Waals surface area contributed by atoms with E-state index < -0.39 is 0 Å². The number of aromatic nitrogens is 4. The summed E-state index contributed by atoms with van der Waals surface area (Å²) in [6.45, 7) is 6.90. The number of aryl methyl sites for hydroxylation is 3. The average Bonchev–Trinajstić information content (AvgIpc) is 3.10. The largest absolute Gasteiger partial charge is 0.361 e.